The minimum absolute atomic E-state index is 0.00466. The quantitative estimate of drug-likeness (QED) is 0.728. The normalized spacial score (nSPS) is 22.7. The Labute approximate surface area is 125 Å². The molecular formula is C13H23NO6S. The largest absolute Gasteiger partial charge is 0.480 e. The molecule has 1 fully saturated rings. The zero-order valence-corrected chi connectivity index (χ0v) is 13.5. The fourth-order valence-electron chi connectivity index (χ4n) is 2.72. The molecule has 0 spiro atoms. The van der Waals surface area contributed by atoms with Gasteiger partial charge in [0.1, 0.15) is 6.04 Å². The Morgan fingerprint density at radius 2 is 2.00 bits per heavy atom. The molecule has 0 aliphatic carbocycles. The van der Waals surface area contributed by atoms with Crippen molar-refractivity contribution in [3.63, 3.8) is 0 Å². The van der Waals surface area contributed by atoms with E-state index in [4.69, 9.17) is 0 Å². The number of hydrogen-bond donors (Lipinski definition) is 1. The SMILES string of the molecule is COC(=O)CCCS(=O)(=O)N1CCCC(C)(C)C1C(=O)O. The third-order valence-electron chi connectivity index (χ3n) is 3.83. The van der Waals surface area contributed by atoms with Crippen LogP contribution in [-0.4, -0.2) is 55.2 Å². The van der Waals surface area contributed by atoms with Crippen LogP contribution in [0, 0.1) is 5.41 Å². The van der Waals surface area contributed by atoms with Crippen molar-refractivity contribution < 1.29 is 27.9 Å². The van der Waals surface area contributed by atoms with Gasteiger partial charge in [0, 0.05) is 13.0 Å². The summed E-state index contributed by atoms with van der Waals surface area (Å²) in [5.41, 5.74) is -0.612. The molecule has 1 aliphatic rings. The first-order valence-electron chi connectivity index (χ1n) is 6.91. The third kappa shape index (κ3) is 4.41. The second kappa shape index (κ2) is 6.74. The van der Waals surface area contributed by atoms with Gasteiger partial charge >= 0.3 is 11.9 Å². The van der Waals surface area contributed by atoms with Gasteiger partial charge in [-0.1, -0.05) is 13.8 Å². The van der Waals surface area contributed by atoms with Crippen molar-refractivity contribution in [1.82, 2.24) is 4.31 Å². The van der Waals surface area contributed by atoms with Crippen molar-refractivity contribution >= 4 is 22.0 Å². The van der Waals surface area contributed by atoms with Crippen molar-refractivity contribution in [2.45, 2.75) is 45.6 Å². The fourth-order valence-corrected chi connectivity index (χ4v) is 4.57. The lowest BCUT2D eigenvalue weighted by molar-refractivity contribution is -0.147. The summed E-state index contributed by atoms with van der Waals surface area (Å²) in [5, 5.41) is 9.38. The number of carbonyl (C=O) groups is 2. The summed E-state index contributed by atoms with van der Waals surface area (Å²) in [6.07, 6.45) is 1.42. The second-order valence-electron chi connectivity index (χ2n) is 5.94. The minimum atomic E-state index is -3.71. The van der Waals surface area contributed by atoms with Crippen LogP contribution in [0.4, 0.5) is 0 Å². The summed E-state index contributed by atoms with van der Waals surface area (Å²) in [5.74, 6) is -1.85. The smallest absolute Gasteiger partial charge is 0.322 e. The average Bonchev–Trinajstić information content (AvgIpc) is 2.36. The van der Waals surface area contributed by atoms with E-state index >= 15 is 0 Å². The van der Waals surface area contributed by atoms with E-state index in [1.807, 2.05) is 0 Å². The summed E-state index contributed by atoms with van der Waals surface area (Å²) in [4.78, 5) is 22.5. The van der Waals surface area contributed by atoms with Crippen molar-refractivity contribution in [2.24, 2.45) is 5.41 Å². The van der Waals surface area contributed by atoms with Crippen LogP contribution < -0.4 is 0 Å². The Kier molecular flexibility index (Phi) is 5.75. The van der Waals surface area contributed by atoms with E-state index < -0.39 is 33.4 Å². The van der Waals surface area contributed by atoms with Gasteiger partial charge in [-0.25, -0.2) is 8.42 Å². The van der Waals surface area contributed by atoms with E-state index in [1.165, 1.54) is 7.11 Å². The zero-order chi connectivity index (χ0) is 16.3. The minimum Gasteiger partial charge on any atom is -0.480 e. The molecule has 0 radical (unpaired) electrons. The molecule has 0 aromatic rings. The maximum atomic E-state index is 12.4. The average molecular weight is 321 g/mol. The number of ether oxygens (including phenoxy) is 1. The number of nitrogens with zero attached hydrogens (tertiary/aromatic N) is 1. The number of piperidine rings is 1. The molecule has 1 unspecified atom stereocenters. The summed E-state index contributed by atoms with van der Waals surface area (Å²) in [6.45, 7) is 3.74. The molecular weight excluding hydrogens is 298 g/mol. The lowest BCUT2D eigenvalue weighted by Gasteiger charge is -2.43. The molecule has 0 aromatic heterocycles. The summed E-state index contributed by atoms with van der Waals surface area (Å²) in [6, 6.07) is -1.06. The van der Waals surface area contributed by atoms with E-state index in [2.05, 4.69) is 4.74 Å². The first kappa shape index (κ1) is 17.9. The number of aliphatic carboxylic acids is 1. The molecule has 0 aromatic carbocycles. The highest BCUT2D eigenvalue weighted by Gasteiger charge is 2.46. The van der Waals surface area contributed by atoms with Gasteiger partial charge < -0.3 is 9.84 Å². The predicted molar refractivity (Wildman–Crippen MR) is 76.2 cm³/mol. The lowest BCUT2D eigenvalue weighted by atomic mass is 9.77. The maximum Gasteiger partial charge on any atom is 0.322 e. The molecule has 7 nitrogen and oxygen atoms in total. The van der Waals surface area contributed by atoms with Crippen molar-refractivity contribution in [3.05, 3.63) is 0 Å². The van der Waals surface area contributed by atoms with Gasteiger partial charge in [0.05, 0.1) is 12.9 Å². The molecule has 8 heteroatoms. The van der Waals surface area contributed by atoms with Crippen LogP contribution in [-0.2, 0) is 24.3 Å². The van der Waals surface area contributed by atoms with E-state index in [0.717, 1.165) is 4.31 Å². The van der Waals surface area contributed by atoms with Crippen LogP contribution in [0.5, 0.6) is 0 Å². The van der Waals surface area contributed by atoms with Gasteiger partial charge in [-0.3, -0.25) is 9.59 Å². The Balaban J connectivity index is 2.84. The van der Waals surface area contributed by atoms with Gasteiger partial charge in [-0.15, -0.1) is 0 Å². The Bertz CT molecular complexity index is 499. The van der Waals surface area contributed by atoms with E-state index in [0.29, 0.717) is 12.8 Å². The molecule has 1 heterocycles. The molecule has 21 heavy (non-hydrogen) atoms. The Morgan fingerprint density at radius 1 is 1.38 bits per heavy atom. The summed E-state index contributed by atoms with van der Waals surface area (Å²) < 4.78 is 30.3. The van der Waals surface area contributed by atoms with Gasteiger partial charge in [-0.05, 0) is 24.7 Å². The highest BCUT2D eigenvalue weighted by molar-refractivity contribution is 7.89. The lowest BCUT2D eigenvalue weighted by Crippen LogP contribution is -2.56. The number of carboxylic acids is 1. The van der Waals surface area contributed by atoms with Gasteiger partial charge in [0.15, 0.2) is 0 Å². The zero-order valence-electron chi connectivity index (χ0n) is 12.7. The number of esters is 1. The van der Waals surface area contributed by atoms with E-state index in [-0.39, 0.29) is 25.1 Å². The number of carboxylic acid groups (broad SMARTS) is 1. The van der Waals surface area contributed by atoms with Crippen molar-refractivity contribution in [1.29, 1.82) is 0 Å². The number of methoxy groups -OCH3 is 1. The molecule has 1 aliphatic heterocycles. The molecule has 0 saturated carbocycles. The van der Waals surface area contributed by atoms with Crippen LogP contribution in [0.15, 0.2) is 0 Å². The standard InChI is InChI=1S/C13H23NO6S/c1-13(2)7-5-8-14(11(13)12(16)17)21(18,19)9-4-6-10(15)20-3/h11H,4-9H2,1-3H3,(H,16,17). The first-order valence-corrected chi connectivity index (χ1v) is 8.52. The monoisotopic (exact) mass is 321 g/mol. The highest BCUT2D eigenvalue weighted by Crippen LogP contribution is 2.36. The third-order valence-corrected chi connectivity index (χ3v) is 5.74. The molecule has 1 rings (SSSR count). The van der Waals surface area contributed by atoms with Gasteiger partial charge in [-0.2, -0.15) is 4.31 Å². The Morgan fingerprint density at radius 3 is 2.52 bits per heavy atom. The molecule has 0 bridgehead atoms. The van der Waals surface area contributed by atoms with E-state index in [1.54, 1.807) is 13.8 Å². The molecule has 0 amide bonds. The van der Waals surface area contributed by atoms with Crippen LogP contribution in [0.3, 0.4) is 0 Å². The molecule has 1 N–H and O–H groups in total. The number of sulfonamides is 1. The number of carbonyl (C=O) groups excluding carboxylic acids is 1. The van der Waals surface area contributed by atoms with E-state index in [9.17, 15) is 23.1 Å². The second-order valence-corrected chi connectivity index (χ2v) is 7.98. The Hall–Kier alpha value is -1.15. The molecule has 1 atom stereocenters. The molecule has 1 saturated heterocycles. The van der Waals surface area contributed by atoms with Gasteiger partial charge in [0.25, 0.3) is 0 Å². The van der Waals surface area contributed by atoms with Crippen LogP contribution >= 0.6 is 0 Å². The highest BCUT2D eigenvalue weighted by atomic mass is 32.2. The summed E-state index contributed by atoms with van der Waals surface area (Å²) in [7, 11) is -2.47. The first-order chi connectivity index (χ1) is 9.62. The van der Waals surface area contributed by atoms with Gasteiger partial charge in [0.2, 0.25) is 10.0 Å². The van der Waals surface area contributed by atoms with Crippen LogP contribution in [0.2, 0.25) is 0 Å². The summed E-state index contributed by atoms with van der Waals surface area (Å²) >= 11 is 0. The number of rotatable bonds is 6. The van der Waals surface area contributed by atoms with Crippen LogP contribution in [0.1, 0.15) is 39.5 Å². The fraction of sp³-hybridized carbons (Fsp3) is 0.846. The maximum absolute atomic E-state index is 12.4. The number of hydrogen-bond acceptors (Lipinski definition) is 5. The molecule has 122 valence electrons. The predicted octanol–water partition coefficient (Wildman–Crippen LogP) is 0.845. The van der Waals surface area contributed by atoms with Crippen molar-refractivity contribution in [2.75, 3.05) is 19.4 Å². The van der Waals surface area contributed by atoms with Crippen LogP contribution in [0.25, 0.3) is 0 Å². The van der Waals surface area contributed by atoms with Crippen molar-refractivity contribution in [3.8, 4) is 0 Å². The topological polar surface area (TPSA) is 101 Å².